The van der Waals surface area contributed by atoms with Gasteiger partial charge in [-0.25, -0.2) is 0 Å². The Morgan fingerprint density at radius 2 is 1.94 bits per heavy atom. The largest absolute Gasteiger partial charge is 0.367 e. The summed E-state index contributed by atoms with van der Waals surface area (Å²) in [6.07, 6.45) is 0. The summed E-state index contributed by atoms with van der Waals surface area (Å²) in [5.41, 5.74) is 2.15. The number of para-hydroxylation sites is 1. The van der Waals surface area contributed by atoms with Crippen molar-refractivity contribution in [2.24, 2.45) is 5.41 Å². The Balaban J connectivity index is 2.37. The molecule has 0 atom stereocenters. The fourth-order valence-corrected chi connectivity index (χ4v) is 2.00. The summed E-state index contributed by atoms with van der Waals surface area (Å²) in [5, 5.41) is 0. The fraction of sp³-hybridized carbons (Fsp3) is 0.500. The number of anilines is 1. The van der Waals surface area contributed by atoms with Crippen molar-refractivity contribution in [2.75, 3.05) is 18.1 Å². The van der Waals surface area contributed by atoms with E-state index >= 15 is 0 Å². The SMILES string of the molecule is CC(C)(C)CN1C(=O)COCc2ccccc21. The second-order valence-corrected chi connectivity index (χ2v) is 5.66. The minimum Gasteiger partial charge on any atom is -0.367 e. The van der Waals surface area contributed by atoms with Crippen molar-refractivity contribution in [2.45, 2.75) is 27.4 Å². The zero-order chi connectivity index (χ0) is 12.5. The molecule has 1 heterocycles. The number of fused-ring (bicyclic) bond motifs is 1. The minimum atomic E-state index is 0.0462. The highest BCUT2D eigenvalue weighted by atomic mass is 16.5. The van der Waals surface area contributed by atoms with Crippen LogP contribution in [0.2, 0.25) is 0 Å². The van der Waals surface area contributed by atoms with Gasteiger partial charge in [0.25, 0.3) is 5.91 Å². The van der Waals surface area contributed by atoms with Gasteiger partial charge in [-0.05, 0) is 11.5 Å². The van der Waals surface area contributed by atoms with Crippen LogP contribution in [0.25, 0.3) is 0 Å². The van der Waals surface area contributed by atoms with Crippen molar-refractivity contribution in [3.05, 3.63) is 29.8 Å². The van der Waals surface area contributed by atoms with Crippen LogP contribution >= 0.6 is 0 Å². The Labute approximate surface area is 102 Å². The zero-order valence-corrected chi connectivity index (χ0v) is 10.7. The highest BCUT2D eigenvalue weighted by Gasteiger charge is 2.26. The molecule has 0 aliphatic carbocycles. The van der Waals surface area contributed by atoms with Gasteiger partial charge >= 0.3 is 0 Å². The molecule has 0 unspecified atom stereocenters. The van der Waals surface area contributed by atoms with E-state index in [4.69, 9.17) is 4.74 Å². The lowest BCUT2D eigenvalue weighted by atomic mass is 9.95. The molecule has 1 aliphatic rings. The van der Waals surface area contributed by atoms with Crippen molar-refractivity contribution in [1.29, 1.82) is 0 Å². The Kier molecular flexibility index (Phi) is 3.20. The first-order valence-electron chi connectivity index (χ1n) is 5.93. The van der Waals surface area contributed by atoms with E-state index < -0.39 is 0 Å². The van der Waals surface area contributed by atoms with Crippen LogP contribution in [0.4, 0.5) is 5.69 Å². The van der Waals surface area contributed by atoms with Gasteiger partial charge in [0.1, 0.15) is 6.61 Å². The lowest BCUT2D eigenvalue weighted by Gasteiger charge is -2.29. The molecule has 3 nitrogen and oxygen atoms in total. The maximum atomic E-state index is 12.1. The highest BCUT2D eigenvalue weighted by Crippen LogP contribution is 2.27. The second kappa shape index (κ2) is 4.49. The van der Waals surface area contributed by atoms with Gasteiger partial charge in [0.05, 0.1) is 6.61 Å². The topological polar surface area (TPSA) is 29.5 Å². The van der Waals surface area contributed by atoms with E-state index in [1.54, 1.807) is 0 Å². The molecule has 3 heteroatoms. The van der Waals surface area contributed by atoms with Gasteiger partial charge < -0.3 is 9.64 Å². The molecule has 1 amide bonds. The Morgan fingerprint density at radius 1 is 1.24 bits per heavy atom. The summed E-state index contributed by atoms with van der Waals surface area (Å²) in [6, 6.07) is 7.96. The molecule has 17 heavy (non-hydrogen) atoms. The van der Waals surface area contributed by atoms with Crippen molar-refractivity contribution < 1.29 is 9.53 Å². The molecule has 1 aromatic rings. The van der Waals surface area contributed by atoms with Crippen LogP contribution in [0.5, 0.6) is 0 Å². The standard InChI is InChI=1S/C14H19NO2/c1-14(2,3)10-15-12-7-5-4-6-11(12)8-17-9-13(15)16/h4-7H,8-10H2,1-3H3. The first kappa shape index (κ1) is 12.1. The molecule has 1 aromatic carbocycles. The zero-order valence-electron chi connectivity index (χ0n) is 10.7. The van der Waals surface area contributed by atoms with Crippen molar-refractivity contribution >= 4 is 11.6 Å². The van der Waals surface area contributed by atoms with Crippen LogP contribution < -0.4 is 4.90 Å². The maximum absolute atomic E-state index is 12.1. The smallest absolute Gasteiger partial charge is 0.253 e. The predicted molar refractivity (Wildman–Crippen MR) is 67.9 cm³/mol. The molecule has 0 saturated carbocycles. The van der Waals surface area contributed by atoms with Gasteiger partial charge in [-0.15, -0.1) is 0 Å². The number of hydrogen-bond acceptors (Lipinski definition) is 2. The summed E-state index contributed by atoms with van der Waals surface area (Å²) in [6.45, 7) is 7.80. The molecule has 0 fully saturated rings. The highest BCUT2D eigenvalue weighted by molar-refractivity contribution is 5.95. The summed E-state index contributed by atoms with van der Waals surface area (Å²) < 4.78 is 5.39. The minimum absolute atomic E-state index is 0.0462. The third kappa shape index (κ3) is 2.86. The lowest BCUT2D eigenvalue weighted by molar-refractivity contribution is -0.123. The van der Waals surface area contributed by atoms with Gasteiger partial charge in [-0.1, -0.05) is 39.0 Å². The van der Waals surface area contributed by atoms with Crippen LogP contribution in [0.15, 0.2) is 24.3 Å². The van der Waals surface area contributed by atoms with Crippen LogP contribution in [0.3, 0.4) is 0 Å². The lowest BCUT2D eigenvalue weighted by Crippen LogP contribution is -2.39. The molecule has 0 aromatic heterocycles. The molecule has 1 aliphatic heterocycles. The number of amides is 1. The molecular formula is C14H19NO2. The second-order valence-electron chi connectivity index (χ2n) is 5.66. The number of carbonyl (C=O) groups excluding carboxylic acids is 1. The van der Waals surface area contributed by atoms with E-state index in [0.717, 1.165) is 11.3 Å². The van der Waals surface area contributed by atoms with E-state index in [1.165, 1.54) is 0 Å². The summed E-state index contributed by atoms with van der Waals surface area (Å²) >= 11 is 0. The maximum Gasteiger partial charge on any atom is 0.253 e. The number of rotatable bonds is 1. The van der Waals surface area contributed by atoms with E-state index in [1.807, 2.05) is 29.2 Å². The summed E-state index contributed by atoms with van der Waals surface area (Å²) in [4.78, 5) is 13.9. The van der Waals surface area contributed by atoms with Crippen LogP contribution in [-0.4, -0.2) is 19.1 Å². The summed E-state index contributed by atoms with van der Waals surface area (Å²) in [7, 11) is 0. The number of carbonyl (C=O) groups is 1. The number of benzene rings is 1. The molecule has 0 spiro atoms. The molecular weight excluding hydrogens is 214 g/mol. The molecule has 0 bridgehead atoms. The van der Waals surface area contributed by atoms with Crippen LogP contribution in [-0.2, 0) is 16.1 Å². The Bertz CT molecular complexity index is 420. The van der Waals surface area contributed by atoms with E-state index in [2.05, 4.69) is 20.8 Å². The van der Waals surface area contributed by atoms with E-state index in [0.29, 0.717) is 13.2 Å². The molecule has 0 radical (unpaired) electrons. The van der Waals surface area contributed by atoms with Crippen molar-refractivity contribution in [3.63, 3.8) is 0 Å². The number of hydrogen-bond donors (Lipinski definition) is 0. The normalized spacial score (nSPS) is 16.6. The Morgan fingerprint density at radius 3 is 2.65 bits per heavy atom. The average Bonchev–Trinajstić information content (AvgIpc) is 2.38. The van der Waals surface area contributed by atoms with Crippen molar-refractivity contribution in [3.8, 4) is 0 Å². The quantitative estimate of drug-likeness (QED) is 0.746. The first-order valence-corrected chi connectivity index (χ1v) is 5.93. The Hall–Kier alpha value is -1.35. The number of ether oxygens (including phenoxy) is 1. The third-order valence-electron chi connectivity index (χ3n) is 2.70. The third-order valence-corrected chi connectivity index (χ3v) is 2.70. The summed E-state index contributed by atoms with van der Waals surface area (Å²) in [5.74, 6) is 0.0462. The van der Waals surface area contributed by atoms with Gasteiger partial charge in [0.2, 0.25) is 0 Å². The van der Waals surface area contributed by atoms with Gasteiger partial charge in [-0.3, -0.25) is 4.79 Å². The van der Waals surface area contributed by atoms with Gasteiger partial charge in [0, 0.05) is 17.8 Å². The molecule has 2 rings (SSSR count). The average molecular weight is 233 g/mol. The molecule has 0 N–H and O–H groups in total. The van der Waals surface area contributed by atoms with Gasteiger partial charge in [-0.2, -0.15) is 0 Å². The monoisotopic (exact) mass is 233 g/mol. The van der Waals surface area contributed by atoms with Gasteiger partial charge in [0.15, 0.2) is 0 Å². The van der Waals surface area contributed by atoms with Crippen molar-refractivity contribution in [1.82, 2.24) is 0 Å². The van der Waals surface area contributed by atoms with E-state index in [-0.39, 0.29) is 17.9 Å². The predicted octanol–water partition coefficient (Wildman–Crippen LogP) is 2.60. The number of nitrogens with zero attached hydrogens (tertiary/aromatic N) is 1. The molecule has 92 valence electrons. The van der Waals surface area contributed by atoms with E-state index in [9.17, 15) is 4.79 Å². The van der Waals surface area contributed by atoms with Crippen LogP contribution in [0, 0.1) is 5.41 Å². The van der Waals surface area contributed by atoms with Crippen LogP contribution in [0.1, 0.15) is 26.3 Å². The molecule has 0 saturated heterocycles. The first-order chi connectivity index (χ1) is 7.97. The fourth-order valence-electron chi connectivity index (χ4n) is 2.00.